The van der Waals surface area contributed by atoms with Crippen molar-refractivity contribution < 1.29 is 52.1 Å². The quantitative estimate of drug-likeness (QED) is 0.692. The van der Waals surface area contributed by atoms with Crippen LogP contribution in [-0.2, 0) is 47.0 Å². The first-order valence-electron chi connectivity index (χ1n) is 2.51. The molecule has 0 rings (SSSR count). The van der Waals surface area contributed by atoms with Gasteiger partial charge in [-0.3, -0.25) is 0 Å². The summed E-state index contributed by atoms with van der Waals surface area (Å²) in [5, 5.41) is 14.9. The first-order valence-corrected chi connectivity index (χ1v) is 2.51. The summed E-state index contributed by atoms with van der Waals surface area (Å²) in [5.41, 5.74) is -1.03. The summed E-state index contributed by atoms with van der Waals surface area (Å²) in [5.74, 6) is 0. The normalized spacial score (nSPS) is 7.42. The molecule has 0 saturated carbocycles. The van der Waals surface area contributed by atoms with E-state index in [1.54, 1.807) is 6.07 Å². The van der Waals surface area contributed by atoms with Gasteiger partial charge in [-0.05, 0) is 13.8 Å². The van der Waals surface area contributed by atoms with E-state index in [0.717, 1.165) is 0 Å². The minimum absolute atomic E-state index is 0. The van der Waals surface area contributed by atoms with Crippen molar-refractivity contribution >= 4 is 12.9 Å². The molecule has 0 heterocycles. The number of nitriles is 1. The van der Waals surface area contributed by atoms with Crippen LogP contribution in [0, 0.1) is 11.3 Å². The van der Waals surface area contributed by atoms with Crippen molar-refractivity contribution in [3.63, 3.8) is 0 Å². The minimum atomic E-state index is -1.03. The molecule has 0 unspecified atom stereocenters. The van der Waals surface area contributed by atoms with Crippen LogP contribution in [0.3, 0.4) is 0 Å². The average Bonchev–Trinajstić information content (AvgIpc) is 1.90. The second-order valence-corrected chi connectivity index (χ2v) is 1.90. The Morgan fingerprint density at radius 3 is 1.92 bits per heavy atom. The predicted octanol–water partition coefficient (Wildman–Crippen LogP) is -0.0185. The van der Waals surface area contributed by atoms with E-state index < -0.39 is 5.60 Å². The molecule has 0 aromatic carbocycles. The predicted molar refractivity (Wildman–Crippen MR) is 34.8 cm³/mol. The first kappa shape index (κ1) is 17.6. The van der Waals surface area contributed by atoms with E-state index in [1.807, 2.05) is 0 Å². The zero-order valence-electron chi connectivity index (χ0n) is 6.70. The molecule has 0 aromatic rings. The van der Waals surface area contributed by atoms with E-state index in [-0.39, 0.29) is 32.7 Å². The number of hydrogen-bond acceptors (Lipinski definition) is 4. The average molecular weight is 246 g/mol. The maximum absolute atomic E-state index is 9.48. The van der Waals surface area contributed by atoms with Gasteiger partial charge in [-0.1, -0.05) is 12.9 Å². The molecule has 0 aromatic heterocycles. The summed E-state index contributed by atoms with van der Waals surface area (Å²) in [6, 6.07) is 1.76. The van der Waals surface area contributed by atoms with E-state index >= 15 is 0 Å². The molecular formula is C6H7NO4Y-2. The molecule has 0 bridgehead atoms. The van der Waals surface area contributed by atoms with Crippen molar-refractivity contribution in [1.29, 1.82) is 5.26 Å². The Morgan fingerprint density at radius 1 is 1.50 bits per heavy atom. The number of hydrogen-bond donors (Lipinski definition) is 1. The summed E-state index contributed by atoms with van der Waals surface area (Å²) in [7, 11) is 0. The molecule has 5 nitrogen and oxygen atoms in total. The summed E-state index contributed by atoms with van der Waals surface area (Å²) in [6.45, 7) is 4.65. The molecular weight excluding hydrogens is 239 g/mol. The topological polar surface area (TPSA) is 87.4 Å². The van der Waals surface area contributed by atoms with Crippen molar-refractivity contribution in [3.8, 4) is 6.07 Å². The van der Waals surface area contributed by atoms with Gasteiger partial charge in [-0.25, -0.2) is 0 Å². The fourth-order valence-corrected chi connectivity index (χ4v) is 0.127. The van der Waals surface area contributed by atoms with Gasteiger partial charge in [0.2, 0.25) is 0 Å². The van der Waals surface area contributed by atoms with Gasteiger partial charge in [0.15, 0.2) is 5.60 Å². The smallest absolute Gasteiger partial charge is 0.155 e. The van der Waals surface area contributed by atoms with Crippen LogP contribution in [0.5, 0.6) is 0 Å². The third kappa shape index (κ3) is 16.3. The monoisotopic (exact) mass is 246 g/mol. The zero-order chi connectivity index (χ0) is 9.33. The number of carbonyl (C=O) groups excluding carboxylic acids is 1. The third-order valence-electron chi connectivity index (χ3n) is 0.566. The SMILES string of the molecule is CC(C)(C#N)O[C-]=O.O=[C-]O.[Y]. The van der Waals surface area contributed by atoms with Crippen molar-refractivity contribution in [2.75, 3.05) is 0 Å². The van der Waals surface area contributed by atoms with Gasteiger partial charge >= 0.3 is 0 Å². The molecule has 0 aliphatic carbocycles. The molecule has 0 atom stereocenters. The summed E-state index contributed by atoms with van der Waals surface area (Å²) in [6.07, 6.45) is 0. The van der Waals surface area contributed by atoms with Gasteiger partial charge in [0, 0.05) is 32.7 Å². The molecule has 1 N–H and O–H groups in total. The van der Waals surface area contributed by atoms with Gasteiger partial charge in [-0.2, -0.15) is 5.26 Å². The van der Waals surface area contributed by atoms with Crippen molar-refractivity contribution in [2.24, 2.45) is 0 Å². The molecule has 0 spiro atoms. The van der Waals surface area contributed by atoms with Gasteiger partial charge in [-0.15, -0.1) is 0 Å². The van der Waals surface area contributed by atoms with Crippen molar-refractivity contribution in [1.82, 2.24) is 0 Å². The second-order valence-electron chi connectivity index (χ2n) is 1.90. The molecule has 0 amide bonds. The van der Waals surface area contributed by atoms with E-state index in [4.69, 9.17) is 15.2 Å². The van der Waals surface area contributed by atoms with Gasteiger partial charge in [0.05, 0.1) is 0 Å². The van der Waals surface area contributed by atoms with E-state index in [1.165, 1.54) is 20.3 Å². The Labute approximate surface area is 95.6 Å². The molecule has 0 saturated heterocycles. The van der Waals surface area contributed by atoms with Gasteiger partial charge in [0.1, 0.15) is 6.07 Å². The third-order valence-corrected chi connectivity index (χ3v) is 0.566. The molecule has 12 heavy (non-hydrogen) atoms. The van der Waals surface area contributed by atoms with Crippen LogP contribution in [0.1, 0.15) is 13.8 Å². The fraction of sp³-hybridized carbons (Fsp3) is 0.500. The van der Waals surface area contributed by atoms with Gasteiger partial charge < -0.3 is 19.4 Å². The number of nitrogens with zero attached hydrogens (tertiary/aromatic N) is 1. The van der Waals surface area contributed by atoms with Gasteiger partial charge in [0.25, 0.3) is 0 Å². The summed E-state index contributed by atoms with van der Waals surface area (Å²) < 4.78 is 4.21. The largest absolute Gasteiger partial charge is 0.665 e. The molecule has 0 aliphatic heterocycles. The van der Waals surface area contributed by atoms with E-state index in [2.05, 4.69) is 4.74 Å². The number of ether oxygens (including phenoxy) is 1. The maximum Gasteiger partial charge on any atom is 0.155 e. The van der Waals surface area contributed by atoms with Crippen LogP contribution in [0.15, 0.2) is 0 Å². The first-order chi connectivity index (χ1) is 5.04. The second kappa shape index (κ2) is 10.5. The van der Waals surface area contributed by atoms with Crippen LogP contribution in [0.25, 0.3) is 0 Å². The maximum atomic E-state index is 9.48. The fourth-order valence-electron chi connectivity index (χ4n) is 0.127. The Balaban J connectivity index is -0.000000177. The molecule has 0 fully saturated rings. The van der Waals surface area contributed by atoms with E-state index in [0.29, 0.717) is 6.47 Å². The van der Waals surface area contributed by atoms with Crippen LogP contribution in [0.4, 0.5) is 0 Å². The minimum Gasteiger partial charge on any atom is -0.665 e. The number of rotatable bonds is 2. The Morgan fingerprint density at radius 2 is 1.83 bits per heavy atom. The van der Waals surface area contributed by atoms with Crippen LogP contribution < -0.4 is 0 Å². The van der Waals surface area contributed by atoms with Crippen molar-refractivity contribution in [2.45, 2.75) is 19.4 Å². The summed E-state index contributed by atoms with van der Waals surface area (Å²) in [4.78, 5) is 17.7. The van der Waals surface area contributed by atoms with Crippen LogP contribution >= 0.6 is 0 Å². The van der Waals surface area contributed by atoms with Crippen LogP contribution in [-0.4, -0.2) is 23.7 Å². The van der Waals surface area contributed by atoms with Crippen molar-refractivity contribution in [3.05, 3.63) is 0 Å². The molecule has 65 valence electrons. The molecule has 1 radical (unpaired) electrons. The Bertz CT molecular complexity index is 163. The zero-order valence-corrected chi connectivity index (χ0v) is 9.53. The molecule has 6 heteroatoms. The Hall–Kier alpha value is -0.466. The Kier molecular flexibility index (Phi) is 15.4. The number of aliphatic hydroxyl groups excluding tert-OH is 1. The summed E-state index contributed by atoms with van der Waals surface area (Å²) >= 11 is 0. The van der Waals surface area contributed by atoms with E-state index in [9.17, 15) is 4.79 Å². The standard InChI is InChI=1S/C5H6NO2.CHO2.Y/c1-5(2,3-6)8-4-7;2-1-3;/h1-2H3;(H,2,3);/q2*-1;. The van der Waals surface area contributed by atoms with Crippen LogP contribution in [0.2, 0.25) is 0 Å². The molecule has 0 aliphatic rings.